The first kappa shape index (κ1) is 30.1. The zero-order chi connectivity index (χ0) is 29.8. The van der Waals surface area contributed by atoms with Crippen molar-refractivity contribution >= 4 is 28.1 Å². The topological polar surface area (TPSA) is 65.9 Å². The number of amides is 1. The number of benzene rings is 2. The molecule has 2 heterocycles. The normalized spacial score (nSPS) is 24.5. The standard InChI is InChI=1S/C36H47N3O3S/c1-25-21-29(15-18-33(25)42-2)27-11-9-26(10-12-27)24-39(35(41)28-13-16-32(40)17-14-28)31-8-6-7-30(22-31)34-23-37-36(43-34)38-19-4-3-5-20-38/h6-8,15,18,21-23,26-28,32,40H,3-5,9-14,16-17,19-20,24H2,1-2H3/t26-,27-,28-,32-. The summed E-state index contributed by atoms with van der Waals surface area (Å²) < 4.78 is 5.48. The highest BCUT2D eigenvalue weighted by Crippen LogP contribution is 2.40. The SMILES string of the molecule is COc1ccc([C@H]2CC[C@H](CN(c3cccc(-c4cnc(N5CCCCC5)s4)c3)C(=O)[C@H]3CC[C@H](O)CC3)CC2)cc1C. The summed E-state index contributed by atoms with van der Waals surface area (Å²) in [6.45, 7) is 5.06. The Morgan fingerprint density at radius 3 is 2.49 bits per heavy atom. The fraction of sp³-hybridized carbons (Fsp3) is 0.556. The molecule has 7 heteroatoms. The predicted molar refractivity (Wildman–Crippen MR) is 176 cm³/mol. The van der Waals surface area contributed by atoms with Crippen LogP contribution in [0.3, 0.4) is 0 Å². The highest BCUT2D eigenvalue weighted by Gasteiger charge is 2.32. The number of anilines is 2. The number of aliphatic hydroxyl groups is 1. The van der Waals surface area contributed by atoms with Crippen LogP contribution in [0.25, 0.3) is 10.4 Å². The number of carbonyl (C=O) groups excluding carboxylic acids is 1. The van der Waals surface area contributed by atoms with E-state index in [1.165, 1.54) is 30.4 Å². The van der Waals surface area contributed by atoms with E-state index in [-0.39, 0.29) is 17.9 Å². The molecule has 0 radical (unpaired) electrons. The molecular formula is C36H47N3O3S. The minimum atomic E-state index is -0.266. The Morgan fingerprint density at radius 2 is 1.77 bits per heavy atom. The van der Waals surface area contributed by atoms with E-state index in [2.05, 4.69) is 59.2 Å². The van der Waals surface area contributed by atoms with Crippen LogP contribution >= 0.6 is 11.3 Å². The molecule has 1 aromatic heterocycles. The summed E-state index contributed by atoms with van der Waals surface area (Å²) in [6.07, 6.45) is 13.0. The van der Waals surface area contributed by atoms with Crippen LogP contribution in [0.15, 0.2) is 48.7 Å². The van der Waals surface area contributed by atoms with Crippen LogP contribution in [0.2, 0.25) is 0 Å². The number of aromatic nitrogens is 1. The van der Waals surface area contributed by atoms with E-state index in [9.17, 15) is 9.90 Å². The van der Waals surface area contributed by atoms with E-state index in [0.29, 0.717) is 11.8 Å². The van der Waals surface area contributed by atoms with Gasteiger partial charge in [0.05, 0.1) is 18.1 Å². The molecular weight excluding hydrogens is 554 g/mol. The maximum Gasteiger partial charge on any atom is 0.230 e. The van der Waals surface area contributed by atoms with Gasteiger partial charge in [-0.15, -0.1) is 0 Å². The lowest BCUT2D eigenvalue weighted by atomic mass is 9.78. The van der Waals surface area contributed by atoms with E-state index >= 15 is 0 Å². The maximum absolute atomic E-state index is 14.1. The molecule has 6 rings (SSSR count). The van der Waals surface area contributed by atoms with Crippen LogP contribution in [0.4, 0.5) is 10.8 Å². The second kappa shape index (κ2) is 13.8. The molecule has 43 heavy (non-hydrogen) atoms. The number of carbonyl (C=O) groups is 1. The van der Waals surface area contributed by atoms with Crippen molar-refractivity contribution < 1.29 is 14.6 Å². The van der Waals surface area contributed by atoms with Crippen molar-refractivity contribution in [2.75, 3.05) is 36.5 Å². The molecule has 2 aromatic carbocycles. The molecule has 3 aromatic rings. The molecule has 6 nitrogen and oxygen atoms in total. The lowest BCUT2D eigenvalue weighted by Gasteiger charge is -2.36. The van der Waals surface area contributed by atoms with Crippen LogP contribution in [0.1, 0.15) is 87.7 Å². The zero-order valence-corrected chi connectivity index (χ0v) is 26.7. The summed E-state index contributed by atoms with van der Waals surface area (Å²) in [5.74, 6) is 2.21. The first-order chi connectivity index (χ1) is 21.0. The van der Waals surface area contributed by atoms with E-state index in [1.807, 2.05) is 6.20 Å². The van der Waals surface area contributed by atoms with Crippen molar-refractivity contribution in [1.82, 2.24) is 4.98 Å². The largest absolute Gasteiger partial charge is 0.496 e. The minimum absolute atomic E-state index is 0.0141. The van der Waals surface area contributed by atoms with Gasteiger partial charge in [-0.2, -0.15) is 0 Å². The number of aryl methyl sites for hydroxylation is 1. The Kier molecular flexibility index (Phi) is 9.68. The highest BCUT2D eigenvalue weighted by molar-refractivity contribution is 7.18. The molecule has 1 N–H and O–H groups in total. The summed E-state index contributed by atoms with van der Waals surface area (Å²) >= 11 is 1.76. The number of hydrogen-bond acceptors (Lipinski definition) is 6. The summed E-state index contributed by atoms with van der Waals surface area (Å²) in [4.78, 5) is 24.6. The Labute approximate surface area is 261 Å². The van der Waals surface area contributed by atoms with Crippen LogP contribution in [0.5, 0.6) is 5.75 Å². The third-order valence-electron chi connectivity index (χ3n) is 10.1. The van der Waals surface area contributed by atoms with Gasteiger partial charge in [-0.1, -0.05) is 35.6 Å². The minimum Gasteiger partial charge on any atom is -0.496 e. The first-order valence-electron chi connectivity index (χ1n) is 16.4. The third-order valence-corrected chi connectivity index (χ3v) is 11.2. The molecule has 1 amide bonds. The monoisotopic (exact) mass is 601 g/mol. The number of rotatable bonds is 8. The predicted octanol–water partition coefficient (Wildman–Crippen LogP) is 7.98. The van der Waals surface area contributed by atoms with E-state index < -0.39 is 0 Å². The van der Waals surface area contributed by atoms with E-state index in [0.717, 1.165) is 98.0 Å². The molecule has 0 bridgehead atoms. The number of ether oxygens (including phenoxy) is 1. The van der Waals surface area contributed by atoms with E-state index in [4.69, 9.17) is 9.72 Å². The van der Waals surface area contributed by atoms with Gasteiger partial charge in [-0.05, 0) is 124 Å². The van der Waals surface area contributed by atoms with Crippen molar-refractivity contribution in [1.29, 1.82) is 0 Å². The fourth-order valence-corrected chi connectivity index (χ4v) is 8.38. The maximum atomic E-state index is 14.1. The van der Waals surface area contributed by atoms with Crippen LogP contribution in [-0.2, 0) is 4.79 Å². The number of hydrogen-bond donors (Lipinski definition) is 1. The van der Waals surface area contributed by atoms with Gasteiger partial charge in [-0.3, -0.25) is 4.79 Å². The van der Waals surface area contributed by atoms with Gasteiger partial charge in [0.2, 0.25) is 5.91 Å². The van der Waals surface area contributed by atoms with Gasteiger partial charge in [0.1, 0.15) is 5.75 Å². The molecule has 0 unspecified atom stereocenters. The number of thiazole rings is 1. The molecule has 2 saturated carbocycles. The molecule has 3 aliphatic rings. The zero-order valence-electron chi connectivity index (χ0n) is 25.8. The summed E-state index contributed by atoms with van der Waals surface area (Å²) in [5.41, 5.74) is 4.73. The number of nitrogens with zero attached hydrogens (tertiary/aromatic N) is 3. The van der Waals surface area contributed by atoms with Crippen molar-refractivity contribution in [3.8, 4) is 16.2 Å². The smallest absolute Gasteiger partial charge is 0.230 e. The van der Waals surface area contributed by atoms with Crippen molar-refractivity contribution in [3.05, 3.63) is 59.8 Å². The molecule has 1 aliphatic heterocycles. The van der Waals surface area contributed by atoms with Gasteiger partial charge in [0.25, 0.3) is 0 Å². The lowest BCUT2D eigenvalue weighted by Crippen LogP contribution is -2.41. The average molecular weight is 602 g/mol. The summed E-state index contributed by atoms with van der Waals surface area (Å²) in [6, 6.07) is 15.2. The van der Waals surface area contributed by atoms with E-state index in [1.54, 1.807) is 18.4 Å². The first-order valence-corrected chi connectivity index (χ1v) is 17.3. The Morgan fingerprint density at radius 1 is 1.00 bits per heavy atom. The molecule has 0 spiro atoms. The van der Waals surface area contributed by atoms with Gasteiger partial charge >= 0.3 is 0 Å². The van der Waals surface area contributed by atoms with Gasteiger partial charge < -0.3 is 19.6 Å². The second-order valence-electron chi connectivity index (χ2n) is 13.0. The molecule has 3 fully saturated rings. The Balaban J connectivity index is 1.19. The highest BCUT2D eigenvalue weighted by atomic mass is 32.1. The van der Waals surface area contributed by atoms with Gasteiger partial charge in [-0.25, -0.2) is 4.98 Å². The van der Waals surface area contributed by atoms with Crippen molar-refractivity contribution in [2.24, 2.45) is 11.8 Å². The Hall–Kier alpha value is -2.90. The van der Waals surface area contributed by atoms with Crippen LogP contribution in [0, 0.1) is 18.8 Å². The lowest BCUT2D eigenvalue weighted by molar-refractivity contribution is -0.124. The molecule has 0 atom stereocenters. The number of piperidine rings is 1. The van der Waals surface area contributed by atoms with Gasteiger partial charge in [0, 0.05) is 37.4 Å². The molecule has 230 valence electrons. The van der Waals surface area contributed by atoms with Crippen LogP contribution in [-0.4, -0.2) is 48.8 Å². The Bertz CT molecular complexity index is 1370. The molecule has 2 aliphatic carbocycles. The quantitative estimate of drug-likeness (QED) is 0.284. The fourth-order valence-electron chi connectivity index (χ4n) is 7.41. The average Bonchev–Trinajstić information content (AvgIpc) is 3.55. The van der Waals surface area contributed by atoms with Crippen molar-refractivity contribution in [3.63, 3.8) is 0 Å². The van der Waals surface area contributed by atoms with Crippen LogP contribution < -0.4 is 14.5 Å². The number of methoxy groups -OCH3 is 1. The summed E-state index contributed by atoms with van der Waals surface area (Å²) in [7, 11) is 1.73. The summed E-state index contributed by atoms with van der Waals surface area (Å²) in [5, 5.41) is 11.2. The van der Waals surface area contributed by atoms with Crippen molar-refractivity contribution in [2.45, 2.75) is 89.6 Å². The third kappa shape index (κ3) is 7.09. The molecule has 1 saturated heterocycles. The second-order valence-corrected chi connectivity index (χ2v) is 14.0. The number of aliphatic hydroxyl groups excluding tert-OH is 1. The van der Waals surface area contributed by atoms with Gasteiger partial charge in [0.15, 0.2) is 5.13 Å².